The van der Waals surface area contributed by atoms with E-state index in [4.69, 9.17) is 0 Å². The van der Waals surface area contributed by atoms with Crippen molar-refractivity contribution in [1.82, 2.24) is 4.47 Å². The Morgan fingerprint density at radius 1 is 1.33 bits per heavy atom. The molecule has 0 aliphatic carbocycles. The first-order valence-corrected chi connectivity index (χ1v) is 4.51. The van der Waals surface area contributed by atoms with Gasteiger partial charge < -0.3 is 0 Å². The van der Waals surface area contributed by atoms with E-state index in [-0.39, 0.29) is 24.0 Å². The van der Waals surface area contributed by atoms with Crippen molar-refractivity contribution in [2.45, 2.75) is 11.9 Å². The van der Waals surface area contributed by atoms with Crippen molar-refractivity contribution in [3.8, 4) is 0 Å². The lowest BCUT2D eigenvalue weighted by Gasteiger charge is -2.15. The van der Waals surface area contributed by atoms with E-state index < -0.39 is 15.5 Å². The number of nitrogens with zero attached hydrogens (tertiary/aromatic N) is 1. The quantitative estimate of drug-likeness (QED) is 0.625. The van der Waals surface area contributed by atoms with Crippen molar-refractivity contribution in [2.75, 3.05) is 13.2 Å². The van der Waals surface area contributed by atoms with Gasteiger partial charge in [0, 0.05) is 6.54 Å². The van der Waals surface area contributed by atoms with Crippen LogP contribution in [0.5, 0.6) is 0 Å². The molecule has 0 bridgehead atoms. The van der Waals surface area contributed by atoms with Crippen LogP contribution in [0.2, 0.25) is 0 Å². The Morgan fingerprint density at radius 2 is 1.92 bits per heavy atom. The third-order valence-electron chi connectivity index (χ3n) is 1.28. The van der Waals surface area contributed by atoms with Gasteiger partial charge in [0.25, 0.3) is 0 Å². The molecule has 8 heteroatoms. The van der Waals surface area contributed by atoms with Crippen molar-refractivity contribution in [3.05, 3.63) is 0 Å². The molecule has 1 fully saturated rings. The highest BCUT2D eigenvalue weighted by Gasteiger charge is 2.51. The Bertz CT molecular complexity index is 253. The van der Waals surface area contributed by atoms with E-state index in [9.17, 15) is 21.6 Å². The van der Waals surface area contributed by atoms with E-state index in [0.717, 1.165) is 0 Å². The molecular formula is C4H6F3NO3S. The number of alkyl halides is 3. The Morgan fingerprint density at radius 3 is 2.25 bits per heavy atom. The van der Waals surface area contributed by atoms with E-state index in [1.54, 1.807) is 0 Å². The van der Waals surface area contributed by atoms with Crippen LogP contribution >= 0.6 is 0 Å². The van der Waals surface area contributed by atoms with Gasteiger partial charge in [-0.3, -0.25) is 4.84 Å². The van der Waals surface area contributed by atoms with Crippen LogP contribution in [-0.2, 0) is 14.9 Å². The first-order valence-electron chi connectivity index (χ1n) is 3.07. The summed E-state index contributed by atoms with van der Waals surface area (Å²) in [5.74, 6) is 0. The SMILES string of the molecule is O=S(=O)(N1CCCO1)C(F)(F)F. The average molecular weight is 205 g/mol. The summed E-state index contributed by atoms with van der Waals surface area (Å²) in [5, 5.41) is 0. The highest BCUT2D eigenvalue weighted by atomic mass is 32.2. The molecule has 0 unspecified atom stereocenters. The molecule has 0 aromatic heterocycles. The predicted molar refractivity (Wildman–Crippen MR) is 32.2 cm³/mol. The molecule has 0 radical (unpaired) electrons. The van der Waals surface area contributed by atoms with Crippen LogP contribution in [-0.4, -0.2) is 31.5 Å². The number of hydrogen-bond donors (Lipinski definition) is 0. The number of hydrogen-bond acceptors (Lipinski definition) is 3. The molecule has 0 aromatic carbocycles. The van der Waals surface area contributed by atoms with Crippen molar-refractivity contribution < 1.29 is 26.4 Å². The second-order valence-corrected chi connectivity index (χ2v) is 3.98. The molecular weight excluding hydrogens is 199 g/mol. The second-order valence-electron chi connectivity index (χ2n) is 2.16. The molecule has 1 saturated heterocycles. The maximum atomic E-state index is 11.8. The largest absolute Gasteiger partial charge is 0.513 e. The van der Waals surface area contributed by atoms with Gasteiger partial charge in [0.15, 0.2) is 0 Å². The lowest BCUT2D eigenvalue weighted by Crippen LogP contribution is -2.38. The normalized spacial score (nSPS) is 21.6. The van der Waals surface area contributed by atoms with Crippen LogP contribution in [0.1, 0.15) is 6.42 Å². The number of halogens is 3. The summed E-state index contributed by atoms with van der Waals surface area (Å²) in [4.78, 5) is 4.27. The monoisotopic (exact) mass is 205 g/mol. The third-order valence-corrected chi connectivity index (χ3v) is 2.69. The van der Waals surface area contributed by atoms with E-state index in [0.29, 0.717) is 0 Å². The number of hydroxylamine groups is 1. The van der Waals surface area contributed by atoms with Gasteiger partial charge in [0.1, 0.15) is 0 Å². The fourth-order valence-electron chi connectivity index (χ4n) is 0.730. The Hall–Kier alpha value is -0.340. The molecule has 0 atom stereocenters. The fourth-order valence-corrected chi connectivity index (χ4v) is 1.54. The van der Waals surface area contributed by atoms with E-state index in [1.807, 2.05) is 0 Å². The predicted octanol–water partition coefficient (Wildman–Crippen LogP) is 0.473. The van der Waals surface area contributed by atoms with Gasteiger partial charge >= 0.3 is 15.5 Å². The third kappa shape index (κ3) is 1.54. The minimum Gasteiger partial charge on any atom is -0.284 e. The highest BCUT2D eigenvalue weighted by molar-refractivity contribution is 7.89. The van der Waals surface area contributed by atoms with Gasteiger partial charge in [-0.05, 0) is 6.42 Å². The second kappa shape index (κ2) is 2.86. The summed E-state index contributed by atoms with van der Waals surface area (Å²) in [5.41, 5.74) is -5.27. The van der Waals surface area contributed by atoms with Crippen LogP contribution in [0, 0.1) is 0 Å². The van der Waals surface area contributed by atoms with E-state index in [2.05, 4.69) is 4.84 Å². The van der Waals surface area contributed by atoms with Crippen molar-refractivity contribution in [3.63, 3.8) is 0 Å². The van der Waals surface area contributed by atoms with Gasteiger partial charge in [-0.2, -0.15) is 13.2 Å². The van der Waals surface area contributed by atoms with Crippen LogP contribution in [0.15, 0.2) is 0 Å². The molecule has 4 nitrogen and oxygen atoms in total. The van der Waals surface area contributed by atoms with Gasteiger partial charge in [0.2, 0.25) is 0 Å². The fraction of sp³-hybridized carbons (Fsp3) is 1.00. The summed E-state index contributed by atoms with van der Waals surface area (Å²) >= 11 is 0. The molecule has 1 rings (SSSR count). The Labute approximate surface area is 66.9 Å². The summed E-state index contributed by atoms with van der Waals surface area (Å²) in [6.07, 6.45) is 0.287. The molecule has 0 aromatic rings. The lowest BCUT2D eigenvalue weighted by molar-refractivity contribution is -0.0826. The average Bonchev–Trinajstić information content (AvgIpc) is 2.34. The first-order chi connectivity index (χ1) is 5.36. The summed E-state index contributed by atoms with van der Waals surface area (Å²) in [7, 11) is -5.27. The molecule has 1 aliphatic heterocycles. The van der Waals surface area contributed by atoms with E-state index in [1.165, 1.54) is 0 Å². The molecule has 0 amide bonds. The van der Waals surface area contributed by atoms with Crippen LogP contribution in [0.25, 0.3) is 0 Å². The van der Waals surface area contributed by atoms with Crippen molar-refractivity contribution in [1.29, 1.82) is 0 Å². The first kappa shape index (κ1) is 9.75. The van der Waals surface area contributed by atoms with Crippen LogP contribution in [0.3, 0.4) is 0 Å². The zero-order valence-electron chi connectivity index (χ0n) is 5.84. The summed E-state index contributed by atoms with van der Waals surface area (Å²) in [6, 6.07) is 0. The maximum Gasteiger partial charge on any atom is 0.513 e. The minimum absolute atomic E-state index is 0.00924. The van der Waals surface area contributed by atoms with E-state index >= 15 is 0 Å². The topological polar surface area (TPSA) is 46.6 Å². The zero-order valence-corrected chi connectivity index (χ0v) is 6.65. The highest BCUT2D eigenvalue weighted by Crippen LogP contribution is 2.28. The smallest absolute Gasteiger partial charge is 0.284 e. The standard InChI is InChI=1S/C4H6F3NO3S/c5-4(6,7)12(9,10)8-2-1-3-11-8/h1-3H2. The molecule has 0 N–H and O–H groups in total. The number of sulfonamides is 1. The van der Waals surface area contributed by atoms with Gasteiger partial charge in [-0.25, -0.2) is 8.42 Å². The molecule has 1 heterocycles. The Balaban J connectivity index is 2.85. The van der Waals surface area contributed by atoms with Crippen LogP contribution < -0.4 is 0 Å². The maximum absolute atomic E-state index is 11.8. The summed E-state index contributed by atoms with van der Waals surface area (Å²) < 4.78 is 56.4. The molecule has 1 aliphatic rings. The summed E-state index contributed by atoms with van der Waals surface area (Å²) in [6.45, 7) is -0.225. The molecule has 12 heavy (non-hydrogen) atoms. The Kier molecular flexibility index (Phi) is 2.32. The van der Waals surface area contributed by atoms with Crippen molar-refractivity contribution in [2.24, 2.45) is 0 Å². The number of rotatable bonds is 1. The van der Waals surface area contributed by atoms with Crippen molar-refractivity contribution >= 4 is 10.0 Å². The van der Waals surface area contributed by atoms with Crippen LogP contribution in [0.4, 0.5) is 13.2 Å². The lowest BCUT2D eigenvalue weighted by atomic mass is 10.5. The van der Waals surface area contributed by atoms with Gasteiger partial charge in [-0.1, -0.05) is 4.47 Å². The molecule has 0 saturated carbocycles. The van der Waals surface area contributed by atoms with Gasteiger partial charge in [-0.15, -0.1) is 0 Å². The van der Waals surface area contributed by atoms with Gasteiger partial charge in [0.05, 0.1) is 6.61 Å². The molecule has 0 spiro atoms. The zero-order chi connectivity index (χ0) is 9.41. The minimum atomic E-state index is -5.27. The molecule has 72 valence electrons.